The Morgan fingerprint density at radius 3 is 2.00 bits per heavy atom. The largest absolute Gasteiger partial charge is 0.481 e. The summed E-state index contributed by atoms with van der Waals surface area (Å²) in [6, 6.07) is -0.820. The van der Waals surface area contributed by atoms with Gasteiger partial charge in [0.15, 0.2) is 0 Å². The molecule has 3 N–H and O–H groups in total. The van der Waals surface area contributed by atoms with Crippen LogP contribution in [0.2, 0.25) is 0 Å². The van der Waals surface area contributed by atoms with Crippen molar-refractivity contribution in [1.82, 2.24) is 10.2 Å². The first-order chi connectivity index (χ1) is 8.86. The molecule has 6 nitrogen and oxygen atoms in total. The molecule has 2 amide bonds. The van der Waals surface area contributed by atoms with Gasteiger partial charge >= 0.3 is 12.0 Å². The Bertz CT molecular complexity index is 342. The van der Waals surface area contributed by atoms with Gasteiger partial charge in [-0.3, -0.25) is 4.79 Å². The Labute approximate surface area is 121 Å². The molecule has 0 spiro atoms. The number of aliphatic hydroxyl groups is 1. The predicted molar refractivity (Wildman–Crippen MR) is 77.6 cm³/mol. The molecule has 0 aliphatic carbocycles. The van der Waals surface area contributed by atoms with E-state index in [-0.39, 0.29) is 24.4 Å². The first kappa shape index (κ1) is 18.7. The van der Waals surface area contributed by atoms with Gasteiger partial charge in [0.1, 0.15) is 0 Å². The molecule has 0 saturated heterocycles. The van der Waals surface area contributed by atoms with Crippen LogP contribution >= 0.6 is 0 Å². The molecule has 0 fully saturated rings. The molecule has 0 aliphatic rings. The lowest BCUT2D eigenvalue weighted by Crippen LogP contribution is -2.53. The maximum absolute atomic E-state index is 12.2. The summed E-state index contributed by atoms with van der Waals surface area (Å²) in [5.74, 6) is -0.948. The van der Waals surface area contributed by atoms with Crippen molar-refractivity contribution in [1.29, 1.82) is 0 Å². The van der Waals surface area contributed by atoms with Gasteiger partial charge in [-0.1, -0.05) is 20.8 Å². The van der Waals surface area contributed by atoms with Gasteiger partial charge in [0.25, 0.3) is 0 Å². The Balaban J connectivity index is 4.85. The van der Waals surface area contributed by atoms with E-state index in [9.17, 15) is 14.7 Å². The van der Waals surface area contributed by atoms with Crippen molar-refractivity contribution in [3.05, 3.63) is 0 Å². The summed E-state index contributed by atoms with van der Waals surface area (Å²) >= 11 is 0. The summed E-state index contributed by atoms with van der Waals surface area (Å²) < 4.78 is 0. The van der Waals surface area contributed by atoms with Gasteiger partial charge in [-0.25, -0.2) is 4.79 Å². The van der Waals surface area contributed by atoms with E-state index in [2.05, 4.69) is 5.32 Å². The normalized spacial score (nSPS) is 13.8. The van der Waals surface area contributed by atoms with Crippen LogP contribution in [0, 0.1) is 5.41 Å². The zero-order valence-electron chi connectivity index (χ0n) is 13.4. The van der Waals surface area contributed by atoms with Gasteiger partial charge in [-0.15, -0.1) is 0 Å². The second-order valence-corrected chi connectivity index (χ2v) is 6.79. The van der Waals surface area contributed by atoms with Crippen LogP contribution in [0.1, 0.15) is 48.0 Å². The van der Waals surface area contributed by atoms with Gasteiger partial charge < -0.3 is 20.4 Å². The van der Waals surface area contributed by atoms with Crippen molar-refractivity contribution in [2.75, 3.05) is 13.1 Å². The molecule has 0 radical (unpaired) electrons. The number of carbonyl (C=O) groups is 2. The van der Waals surface area contributed by atoms with Crippen molar-refractivity contribution < 1.29 is 19.8 Å². The van der Waals surface area contributed by atoms with Crippen molar-refractivity contribution in [2.45, 2.75) is 59.6 Å². The fraction of sp³-hybridized carbons (Fsp3) is 0.857. The molecule has 118 valence electrons. The van der Waals surface area contributed by atoms with Gasteiger partial charge in [0.2, 0.25) is 0 Å². The number of nitrogens with one attached hydrogen (secondary N) is 1. The third-order valence-electron chi connectivity index (χ3n) is 2.97. The minimum atomic E-state index is -0.989. The van der Waals surface area contributed by atoms with Gasteiger partial charge in [0, 0.05) is 12.6 Å². The van der Waals surface area contributed by atoms with E-state index in [1.807, 2.05) is 27.7 Å². The van der Waals surface area contributed by atoms with Crippen LogP contribution in [-0.2, 0) is 4.79 Å². The van der Waals surface area contributed by atoms with Crippen molar-refractivity contribution in [2.24, 2.45) is 5.41 Å². The molecule has 1 unspecified atom stereocenters. The molecule has 0 bridgehead atoms. The number of likely N-dealkylation sites (N-methyl/N-ethyl adjacent to an activating group) is 1. The van der Waals surface area contributed by atoms with Crippen LogP contribution in [0.5, 0.6) is 0 Å². The van der Waals surface area contributed by atoms with E-state index < -0.39 is 17.6 Å². The highest BCUT2D eigenvalue weighted by Crippen LogP contribution is 2.22. The first-order valence-corrected chi connectivity index (χ1v) is 6.86. The number of aliphatic carboxylic acids is 1. The molecule has 0 aromatic carbocycles. The van der Waals surface area contributed by atoms with E-state index in [0.717, 1.165) is 0 Å². The monoisotopic (exact) mass is 288 g/mol. The molecule has 0 aromatic rings. The maximum atomic E-state index is 12.2. The van der Waals surface area contributed by atoms with Crippen LogP contribution in [0.25, 0.3) is 0 Å². The van der Waals surface area contributed by atoms with E-state index in [1.54, 1.807) is 13.8 Å². The number of carboxylic acids is 1. The first-order valence-electron chi connectivity index (χ1n) is 6.86. The standard InChI is InChI=1S/C14H28N2O4/c1-7-16(9-14(5,6)20)12(19)15-10(8-11(17)18)13(2,3)4/h10,20H,7-9H2,1-6H3,(H,15,19)(H,17,18). The summed E-state index contributed by atoms with van der Waals surface area (Å²) in [6.07, 6.45) is -0.130. The van der Waals surface area contributed by atoms with Crippen LogP contribution in [0.15, 0.2) is 0 Å². The Hall–Kier alpha value is -1.30. The van der Waals surface area contributed by atoms with Crippen LogP contribution in [0.3, 0.4) is 0 Å². The molecule has 6 heteroatoms. The molecule has 0 aromatic heterocycles. The van der Waals surface area contributed by atoms with E-state index >= 15 is 0 Å². The highest BCUT2D eigenvalue weighted by Gasteiger charge is 2.30. The van der Waals surface area contributed by atoms with Crippen molar-refractivity contribution >= 4 is 12.0 Å². The minimum absolute atomic E-state index is 0.130. The number of carbonyl (C=O) groups excluding carboxylic acids is 1. The number of carboxylic acid groups (broad SMARTS) is 1. The molecular formula is C14H28N2O4. The van der Waals surface area contributed by atoms with Crippen molar-refractivity contribution in [3.8, 4) is 0 Å². The average Bonchev–Trinajstić information content (AvgIpc) is 2.21. The summed E-state index contributed by atoms with van der Waals surface area (Å²) in [6.45, 7) is 11.4. The van der Waals surface area contributed by atoms with E-state index in [0.29, 0.717) is 6.54 Å². The zero-order valence-corrected chi connectivity index (χ0v) is 13.4. The SMILES string of the molecule is CCN(CC(C)(C)O)C(=O)NC(CC(=O)O)C(C)(C)C. The minimum Gasteiger partial charge on any atom is -0.481 e. The summed E-state index contributed by atoms with van der Waals surface area (Å²) in [7, 11) is 0. The molecule has 20 heavy (non-hydrogen) atoms. The average molecular weight is 288 g/mol. The fourth-order valence-corrected chi connectivity index (χ4v) is 1.78. The highest BCUT2D eigenvalue weighted by molar-refractivity contribution is 5.76. The second-order valence-electron chi connectivity index (χ2n) is 6.79. The van der Waals surface area contributed by atoms with Gasteiger partial charge in [-0.05, 0) is 26.2 Å². The number of amides is 2. The predicted octanol–water partition coefficient (Wildman–Crippen LogP) is 1.68. The molecule has 0 heterocycles. The smallest absolute Gasteiger partial charge is 0.317 e. The number of hydrogen-bond acceptors (Lipinski definition) is 3. The van der Waals surface area contributed by atoms with Gasteiger partial charge in [0.05, 0.1) is 18.6 Å². The van der Waals surface area contributed by atoms with E-state index in [1.165, 1.54) is 4.90 Å². The number of hydrogen-bond donors (Lipinski definition) is 3. The topological polar surface area (TPSA) is 89.9 Å². The van der Waals surface area contributed by atoms with Gasteiger partial charge in [-0.2, -0.15) is 0 Å². The van der Waals surface area contributed by atoms with Crippen LogP contribution < -0.4 is 5.32 Å². The summed E-state index contributed by atoms with van der Waals surface area (Å²) in [5, 5.41) is 21.5. The number of rotatable bonds is 6. The number of nitrogens with zero attached hydrogens (tertiary/aromatic N) is 1. The summed E-state index contributed by atoms with van der Waals surface area (Å²) in [5.41, 5.74) is -1.35. The lowest BCUT2D eigenvalue weighted by atomic mass is 9.85. The highest BCUT2D eigenvalue weighted by atomic mass is 16.4. The molecule has 1 atom stereocenters. The van der Waals surface area contributed by atoms with E-state index in [4.69, 9.17) is 5.11 Å². The third-order valence-corrected chi connectivity index (χ3v) is 2.97. The number of urea groups is 1. The Morgan fingerprint density at radius 2 is 1.70 bits per heavy atom. The Kier molecular flexibility index (Phi) is 6.47. The van der Waals surface area contributed by atoms with Crippen molar-refractivity contribution in [3.63, 3.8) is 0 Å². The molecule has 0 rings (SSSR count). The van der Waals surface area contributed by atoms with Crippen LogP contribution in [-0.4, -0.2) is 51.8 Å². The fourth-order valence-electron chi connectivity index (χ4n) is 1.78. The quantitative estimate of drug-likeness (QED) is 0.693. The lowest BCUT2D eigenvalue weighted by molar-refractivity contribution is -0.138. The zero-order chi connectivity index (χ0) is 16.1. The van der Waals surface area contributed by atoms with Crippen LogP contribution in [0.4, 0.5) is 4.79 Å². The maximum Gasteiger partial charge on any atom is 0.317 e. The third kappa shape index (κ3) is 7.33. The molecule has 0 saturated carbocycles. The summed E-state index contributed by atoms with van der Waals surface area (Å²) in [4.78, 5) is 24.6. The molecular weight excluding hydrogens is 260 g/mol. The lowest BCUT2D eigenvalue weighted by Gasteiger charge is -2.34. The Morgan fingerprint density at radius 1 is 1.20 bits per heavy atom. The molecule has 0 aliphatic heterocycles. The second kappa shape index (κ2) is 6.92.